The molecule has 12 nitrogen and oxygen atoms in total. The van der Waals surface area contributed by atoms with E-state index in [9.17, 15) is 18.0 Å². The number of hydrazine groups is 1. The van der Waals surface area contributed by atoms with E-state index in [1.54, 1.807) is 38.4 Å². The Labute approximate surface area is 214 Å². The van der Waals surface area contributed by atoms with Gasteiger partial charge in [-0.3, -0.25) is 15.0 Å². The summed E-state index contributed by atoms with van der Waals surface area (Å²) in [5.41, 5.74) is 7.79. The van der Waals surface area contributed by atoms with Gasteiger partial charge < -0.3 is 19.2 Å². The zero-order valence-corrected chi connectivity index (χ0v) is 21.3. The molecule has 194 valence electrons. The fourth-order valence-corrected chi connectivity index (χ4v) is 5.99. The molecule has 4 heterocycles. The topological polar surface area (TPSA) is 144 Å². The first kappa shape index (κ1) is 25.0. The SMILES string of the molecule is C#Cc1ccc2[nH]c(S(=O)(=O)N3CCN(C(=O)c4nc5c(o4)CNNC5)C(CC(=O)N(C)C)C3)cc2c1. The summed E-state index contributed by atoms with van der Waals surface area (Å²) >= 11 is 0. The Morgan fingerprint density at radius 2 is 2.00 bits per heavy atom. The van der Waals surface area contributed by atoms with E-state index < -0.39 is 22.0 Å². The third kappa shape index (κ3) is 4.72. The molecule has 5 rings (SSSR count). The molecular weight excluding hydrogens is 498 g/mol. The fraction of sp³-hybridized carbons (Fsp3) is 0.375. The van der Waals surface area contributed by atoms with Crippen LogP contribution >= 0.6 is 0 Å². The van der Waals surface area contributed by atoms with E-state index in [1.165, 1.54) is 14.1 Å². The molecule has 0 radical (unpaired) electrons. The lowest BCUT2D eigenvalue weighted by Gasteiger charge is -2.40. The highest BCUT2D eigenvalue weighted by molar-refractivity contribution is 7.89. The lowest BCUT2D eigenvalue weighted by atomic mass is 10.1. The molecule has 13 heteroatoms. The number of carbonyl (C=O) groups excluding carboxylic acids is 2. The van der Waals surface area contributed by atoms with Crippen molar-refractivity contribution in [1.29, 1.82) is 0 Å². The molecule has 0 spiro atoms. The highest BCUT2D eigenvalue weighted by Crippen LogP contribution is 2.26. The fourth-order valence-electron chi connectivity index (χ4n) is 4.51. The zero-order valence-electron chi connectivity index (χ0n) is 20.4. The third-order valence-corrected chi connectivity index (χ3v) is 8.37. The summed E-state index contributed by atoms with van der Waals surface area (Å²) in [6, 6.07) is 6.04. The molecule has 0 saturated carbocycles. The monoisotopic (exact) mass is 525 g/mol. The number of nitrogens with zero attached hydrogens (tertiary/aromatic N) is 4. The Hall–Kier alpha value is -3.70. The Kier molecular flexibility index (Phi) is 6.50. The second kappa shape index (κ2) is 9.64. The maximum absolute atomic E-state index is 13.6. The van der Waals surface area contributed by atoms with Gasteiger partial charge in [-0.15, -0.1) is 6.42 Å². The number of hydrogen-bond acceptors (Lipinski definition) is 8. The second-order valence-electron chi connectivity index (χ2n) is 9.18. The number of carbonyl (C=O) groups is 2. The van der Waals surface area contributed by atoms with Crippen molar-refractivity contribution in [2.75, 3.05) is 33.7 Å². The first-order valence-electron chi connectivity index (χ1n) is 11.7. The van der Waals surface area contributed by atoms with Crippen LogP contribution in [0.2, 0.25) is 0 Å². The van der Waals surface area contributed by atoms with Gasteiger partial charge in [0.15, 0.2) is 0 Å². The minimum absolute atomic E-state index is 0.0227. The van der Waals surface area contributed by atoms with Gasteiger partial charge in [0.05, 0.1) is 24.8 Å². The number of hydrogen-bond donors (Lipinski definition) is 3. The van der Waals surface area contributed by atoms with Crippen LogP contribution in [0.15, 0.2) is 33.7 Å². The summed E-state index contributed by atoms with van der Waals surface area (Å²) in [7, 11) is -0.713. The Morgan fingerprint density at radius 1 is 1.22 bits per heavy atom. The highest BCUT2D eigenvalue weighted by atomic mass is 32.2. The number of aromatic nitrogens is 2. The molecule has 2 amide bonds. The van der Waals surface area contributed by atoms with Crippen molar-refractivity contribution in [2.45, 2.75) is 30.6 Å². The van der Waals surface area contributed by atoms with Crippen LogP contribution in [0, 0.1) is 12.3 Å². The average molecular weight is 526 g/mol. The van der Waals surface area contributed by atoms with E-state index in [0.29, 0.717) is 41.0 Å². The summed E-state index contributed by atoms with van der Waals surface area (Å²) in [6.45, 7) is 0.872. The van der Waals surface area contributed by atoms with E-state index in [2.05, 4.69) is 26.7 Å². The summed E-state index contributed by atoms with van der Waals surface area (Å²) in [4.78, 5) is 36.2. The van der Waals surface area contributed by atoms with Gasteiger partial charge in [0.1, 0.15) is 10.8 Å². The second-order valence-corrected chi connectivity index (χ2v) is 11.1. The molecule has 0 aliphatic carbocycles. The van der Waals surface area contributed by atoms with Crippen LogP contribution in [-0.2, 0) is 27.9 Å². The number of aromatic amines is 1. The Morgan fingerprint density at radius 3 is 2.73 bits per heavy atom. The third-order valence-electron chi connectivity index (χ3n) is 6.59. The van der Waals surface area contributed by atoms with E-state index in [1.807, 2.05) is 0 Å². The van der Waals surface area contributed by atoms with Crippen LogP contribution in [0.5, 0.6) is 0 Å². The number of amides is 2. The van der Waals surface area contributed by atoms with Gasteiger partial charge in [-0.25, -0.2) is 18.8 Å². The predicted octanol–water partition coefficient (Wildman–Crippen LogP) is 0.239. The number of sulfonamides is 1. The van der Waals surface area contributed by atoms with Crippen LogP contribution in [0.25, 0.3) is 10.9 Å². The number of piperazine rings is 1. The molecule has 2 aliphatic heterocycles. The summed E-state index contributed by atoms with van der Waals surface area (Å²) in [5, 5.41) is 0.702. The van der Waals surface area contributed by atoms with Crippen LogP contribution in [0.1, 0.15) is 34.1 Å². The number of rotatable bonds is 5. The standard InChI is InChI=1S/C24H27N7O5S/c1-4-15-5-6-18-16(9-15)10-21(27-18)37(34,35)30-7-8-31(17(14-30)11-22(32)29(2)3)24(33)23-28-19-12-25-26-13-20(19)36-23/h1,5-6,9-10,17,25-27H,7-8,11-14H2,2-3H3. The van der Waals surface area contributed by atoms with Crippen molar-refractivity contribution in [3.63, 3.8) is 0 Å². The summed E-state index contributed by atoms with van der Waals surface area (Å²) in [5.74, 6) is 2.33. The van der Waals surface area contributed by atoms with Gasteiger partial charge in [0.2, 0.25) is 5.91 Å². The smallest absolute Gasteiger partial charge is 0.310 e. The van der Waals surface area contributed by atoms with Gasteiger partial charge in [0, 0.05) is 56.6 Å². The van der Waals surface area contributed by atoms with Gasteiger partial charge in [0.25, 0.3) is 15.9 Å². The first-order chi connectivity index (χ1) is 17.7. The largest absolute Gasteiger partial charge is 0.436 e. The molecule has 2 aliphatic rings. The number of nitrogens with one attached hydrogen (secondary N) is 3. The minimum Gasteiger partial charge on any atom is -0.436 e. The van der Waals surface area contributed by atoms with Crippen molar-refractivity contribution >= 4 is 32.7 Å². The maximum Gasteiger partial charge on any atom is 0.310 e. The number of benzene rings is 1. The van der Waals surface area contributed by atoms with E-state index >= 15 is 0 Å². The lowest BCUT2D eigenvalue weighted by molar-refractivity contribution is -0.130. The first-order valence-corrected chi connectivity index (χ1v) is 13.2. The van der Waals surface area contributed by atoms with Crippen molar-refractivity contribution in [1.82, 2.24) is 34.9 Å². The quantitative estimate of drug-likeness (QED) is 0.402. The number of H-pyrrole nitrogens is 1. The molecule has 1 unspecified atom stereocenters. The van der Waals surface area contributed by atoms with Crippen molar-refractivity contribution in [3.8, 4) is 12.3 Å². The molecule has 37 heavy (non-hydrogen) atoms. The lowest BCUT2D eigenvalue weighted by Crippen LogP contribution is -2.57. The van der Waals surface area contributed by atoms with Crippen LogP contribution < -0.4 is 10.9 Å². The minimum atomic E-state index is -3.94. The molecule has 1 atom stereocenters. The molecule has 1 fully saturated rings. The number of fused-ring (bicyclic) bond motifs is 2. The van der Waals surface area contributed by atoms with E-state index in [4.69, 9.17) is 10.8 Å². The van der Waals surface area contributed by atoms with Gasteiger partial charge in [-0.1, -0.05) is 5.92 Å². The average Bonchev–Trinajstić information content (AvgIpc) is 3.52. The summed E-state index contributed by atoms with van der Waals surface area (Å²) in [6.07, 6.45) is 5.42. The molecular formula is C24H27N7O5S. The molecule has 3 N–H and O–H groups in total. The number of terminal acetylenes is 1. The highest BCUT2D eigenvalue weighted by Gasteiger charge is 2.40. The van der Waals surface area contributed by atoms with Crippen LogP contribution in [0.4, 0.5) is 0 Å². The van der Waals surface area contributed by atoms with Crippen LogP contribution in [0.3, 0.4) is 0 Å². The van der Waals surface area contributed by atoms with Gasteiger partial charge in [-0.05, 0) is 24.3 Å². The molecule has 3 aromatic rings. The Bertz CT molecular complexity index is 1490. The zero-order chi connectivity index (χ0) is 26.3. The van der Waals surface area contributed by atoms with E-state index in [-0.39, 0.29) is 42.9 Å². The van der Waals surface area contributed by atoms with Crippen molar-refractivity contribution in [2.24, 2.45) is 0 Å². The maximum atomic E-state index is 13.6. The Balaban J connectivity index is 1.42. The van der Waals surface area contributed by atoms with E-state index in [0.717, 1.165) is 0 Å². The molecule has 1 saturated heterocycles. The predicted molar refractivity (Wildman–Crippen MR) is 133 cm³/mol. The molecule has 0 bridgehead atoms. The van der Waals surface area contributed by atoms with Crippen LogP contribution in [-0.4, -0.2) is 84.1 Å². The van der Waals surface area contributed by atoms with Crippen molar-refractivity contribution < 1.29 is 22.4 Å². The number of oxazole rings is 1. The van der Waals surface area contributed by atoms with Gasteiger partial charge in [-0.2, -0.15) is 4.31 Å². The van der Waals surface area contributed by atoms with Crippen molar-refractivity contribution in [3.05, 3.63) is 47.2 Å². The normalized spacial score (nSPS) is 18.4. The summed E-state index contributed by atoms with van der Waals surface area (Å²) < 4.78 is 34.1. The molecule has 2 aromatic heterocycles. The molecule has 1 aromatic carbocycles. The van der Waals surface area contributed by atoms with Gasteiger partial charge >= 0.3 is 5.91 Å².